The number of rotatable bonds is 5. The molecule has 2 rings (SSSR count). The average molecular weight is 295 g/mol. The first-order chi connectivity index (χ1) is 9.06. The van der Waals surface area contributed by atoms with Crippen molar-refractivity contribution in [3.8, 4) is 0 Å². The van der Waals surface area contributed by atoms with Crippen LogP contribution in [0.4, 0.5) is 10.1 Å². The predicted octanol–water partition coefficient (Wildman–Crippen LogP) is 2.88. The van der Waals surface area contributed by atoms with E-state index in [-0.39, 0.29) is 10.6 Å². The van der Waals surface area contributed by atoms with Crippen molar-refractivity contribution in [3.05, 3.63) is 45.7 Å². The van der Waals surface area contributed by atoms with Crippen LogP contribution in [-0.2, 0) is 6.42 Å². The standard InChI is InChI=1S/C13H14FN3S2/c1-8-7-19-12(17-8)4-5-16-9-2-3-10(13(15)18)11(14)6-9/h2-3,6-7,16H,4-5H2,1H3,(H2,15,18). The van der Waals surface area contributed by atoms with Gasteiger partial charge in [0.2, 0.25) is 0 Å². The van der Waals surface area contributed by atoms with Crippen LogP contribution in [0.3, 0.4) is 0 Å². The minimum atomic E-state index is -0.400. The van der Waals surface area contributed by atoms with Crippen molar-refractivity contribution in [2.75, 3.05) is 11.9 Å². The van der Waals surface area contributed by atoms with Gasteiger partial charge in [-0.3, -0.25) is 0 Å². The van der Waals surface area contributed by atoms with Crippen LogP contribution in [0.15, 0.2) is 23.6 Å². The molecule has 2 aromatic rings. The number of hydrogen-bond donors (Lipinski definition) is 2. The zero-order valence-electron chi connectivity index (χ0n) is 10.4. The van der Waals surface area contributed by atoms with Crippen LogP contribution in [0.2, 0.25) is 0 Å². The number of anilines is 1. The molecule has 1 heterocycles. The van der Waals surface area contributed by atoms with E-state index in [0.717, 1.165) is 17.1 Å². The summed E-state index contributed by atoms with van der Waals surface area (Å²) in [6, 6.07) is 4.76. The molecule has 0 saturated carbocycles. The summed E-state index contributed by atoms with van der Waals surface area (Å²) in [4.78, 5) is 4.44. The normalized spacial score (nSPS) is 10.4. The highest BCUT2D eigenvalue weighted by Crippen LogP contribution is 2.15. The minimum absolute atomic E-state index is 0.0716. The molecule has 0 atom stereocenters. The van der Waals surface area contributed by atoms with Crippen LogP contribution in [0.5, 0.6) is 0 Å². The molecule has 0 radical (unpaired) electrons. The Balaban J connectivity index is 1.93. The molecule has 3 nitrogen and oxygen atoms in total. The van der Waals surface area contributed by atoms with Gasteiger partial charge in [0.05, 0.1) is 5.01 Å². The lowest BCUT2D eigenvalue weighted by atomic mass is 10.2. The van der Waals surface area contributed by atoms with Crippen LogP contribution < -0.4 is 11.1 Å². The van der Waals surface area contributed by atoms with Gasteiger partial charge in [-0.15, -0.1) is 11.3 Å². The maximum atomic E-state index is 13.6. The Hall–Kier alpha value is -1.53. The quantitative estimate of drug-likeness (QED) is 0.833. The molecular weight excluding hydrogens is 281 g/mol. The molecule has 0 unspecified atom stereocenters. The Bertz CT molecular complexity index is 595. The summed E-state index contributed by atoms with van der Waals surface area (Å²) in [6.07, 6.45) is 0.817. The van der Waals surface area contributed by atoms with Gasteiger partial charge in [-0.2, -0.15) is 0 Å². The lowest BCUT2D eigenvalue weighted by Gasteiger charge is -2.07. The average Bonchev–Trinajstić information content (AvgIpc) is 2.75. The highest BCUT2D eigenvalue weighted by Gasteiger charge is 2.06. The molecule has 1 aromatic carbocycles. The number of hydrogen-bond acceptors (Lipinski definition) is 4. The van der Waals surface area contributed by atoms with Crippen LogP contribution in [-0.4, -0.2) is 16.5 Å². The van der Waals surface area contributed by atoms with E-state index in [1.54, 1.807) is 23.5 Å². The number of aromatic nitrogens is 1. The third-order valence-electron chi connectivity index (χ3n) is 2.57. The highest BCUT2D eigenvalue weighted by molar-refractivity contribution is 7.80. The van der Waals surface area contributed by atoms with E-state index in [9.17, 15) is 4.39 Å². The van der Waals surface area contributed by atoms with Gasteiger partial charge < -0.3 is 11.1 Å². The van der Waals surface area contributed by atoms with Gasteiger partial charge in [0.1, 0.15) is 10.8 Å². The molecular formula is C13H14FN3S2. The van der Waals surface area contributed by atoms with Crippen LogP contribution in [0.1, 0.15) is 16.3 Å². The Kier molecular flexibility index (Phi) is 4.44. The molecule has 0 spiro atoms. The summed E-state index contributed by atoms with van der Waals surface area (Å²) in [5.41, 5.74) is 7.43. The molecule has 0 aliphatic carbocycles. The smallest absolute Gasteiger partial charge is 0.135 e. The number of aryl methyl sites for hydroxylation is 1. The van der Waals surface area contributed by atoms with Crippen molar-refractivity contribution in [3.63, 3.8) is 0 Å². The van der Waals surface area contributed by atoms with Crippen molar-refractivity contribution in [1.82, 2.24) is 4.98 Å². The Morgan fingerprint density at radius 3 is 2.89 bits per heavy atom. The summed E-state index contributed by atoms with van der Waals surface area (Å²) in [5, 5.41) is 6.25. The third-order valence-corrected chi connectivity index (χ3v) is 3.82. The fourth-order valence-corrected chi connectivity index (χ4v) is 2.60. The molecule has 19 heavy (non-hydrogen) atoms. The number of thiocarbonyl (C=S) groups is 1. The van der Waals surface area contributed by atoms with Crippen LogP contribution >= 0.6 is 23.6 Å². The number of thiazole rings is 1. The lowest BCUT2D eigenvalue weighted by Crippen LogP contribution is -2.12. The molecule has 1 aromatic heterocycles. The van der Waals surface area contributed by atoms with Gasteiger partial charge in [0.25, 0.3) is 0 Å². The summed E-state index contributed by atoms with van der Waals surface area (Å²) in [6.45, 7) is 2.68. The van der Waals surface area contributed by atoms with Gasteiger partial charge in [0, 0.05) is 35.3 Å². The second-order valence-corrected chi connectivity index (χ2v) is 5.50. The van der Waals surface area contributed by atoms with E-state index < -0.39 is 5.82 Å². The molecule has 6 heteroatoms. The lowest BCUT2D eigenvalue weighted by molar-refractivity contribution is 0.626. The molecule has 0 aliphatic rings. The molecule has 0 amide bonds. The largest absolute Gasteiger partial charge is 0.389 e. The summed E-state index contributed by atoms with van der Waals surface area (Å²) < 4.78 is 13.6. The maximum absolute atomic E-state index is 13.6. The van der Waals surface area contributed by atoms with E-state index in [0.29, 0.717) is 12.2 Å². The van der Waals surface area contributed by atoms with Gasteiger partial charge in [-0.05, 0) is 25.1 Å². The van der Waals surface area contributed by atoms with Gasteiger partial charge in [0.15, 0.2) is 0 Å². The summed E-state index contributed by atoms with van der Waals surface area (Å²) in [5.74, 6) is -0.400. The molecule has 0 saturated heterocycles. The van der Waals surface area contributed by atoms with Gasteiger partial charge in [-0.1, -0.05) is 12.2 Å². The maximum Gasteiger partial charge on any atom is 0.135 e. The van der Waals surface area contributed by atoms with E-state index in [1.807, 2.05) is 12.3 Å². The Labute approximate surface area is 120 Å². The second-order valence-electron chi connectivity index (χ2n) is 4.12. The topological polar surface area (TPSA) is 50.9 Å². The summed E-state index contributed by atoms with van der Waals surface area (Å²) >= 11 is 6.39. The summed E-state index contributed by atoms with van der Waals surface area (Å²) in [7, 11) is 0. The molecule has 0 bridgehead atoms. The Morgan fingerprint density at radius 2 is 2.32 bits per heavy atom. The van der Waals surface area contributed by atoms with Crippen molar-refractivity contribution < 1.29 is 4.39 Å². The minimum Gasteiger partial charge on any atom is -0.389 e. The van der Waals surface area contributed by atoms with Crippen LogP contribution in [0.25, 0.3) is 0 Å². The number of nitrogens with zero attached hydrogens (tertiary/aromatic N) is 1. The van der Waals surface area contributed by atoms with Crippen molar-refractivity contribution in [2.45, 2.75) is 13.3 Å². The fraction of sp³-hybridized carbons (Fsp3) is 0.231. The Morgan fingerprint density at radius 1 is 1.53 bits per heavy atom. The molecule has 3 N–H and O–H groups in total. The van der Waals surface area contributed by atoms with E-state index >= 15 is 0 Å². The zero-order chi connectivity index (χ0) is 13.8. The third kappa shape index (κ3) is 3.71. The molecule has 0 aliphatic heterocycles. The van der Waals surface area contributed by atoms with E-state index in [2.05, 4.69) is 10.3 Å². The van der Waals surface area contributed by atoms with Crippen molar-refractivity contribution in [2.24, 2.45) is 5.73 Å². The van der Waals surface area contributed by atoms with E-state index in [4.69, 9.17) is 18.0 Å². The van der Waals surface area contributed by atoms with Gasteiger partial charge in [-0.25, -0.2) is 9.37 Å². The highest BCUT2D eigenvalue weighted by atomic mass is 32.1. The molecule has 0 fully saturated rings. The van der Waals surface area contributed by atoms with Crippen LogP contribution in [0, 0.1) is 12.7 Å². The first-order valence-corrected chi connectivity index (χ1v) is 7.09. The first kappa shape index (κ1) is 13.9. The SMILES string of the molecule is Cc1csc(CCNc2ccc(C(N)=S)c(F)c2)n1. The van der Waals surface area contributed by atoms with Crippen molar-refractivity contribution in [1.29, 1.82) is 0 Å². The first-order valence-electron chi connectivity index (χ1n) is 5.80. The number of nitrogens with two attached hydrogens (primary N) is 1. The predicted molar refractivity (Wildman–Crippen MR) is 81.3 cm³/mol. The van der Waals surface area contributed by atoms with Gasteiger partial charge >= 0.3 is 0 Å². The number of halogens is 1. The van der Waals surface area contributed by atoms with E-state index in [1.165, 1.54) is 6.07 Å². The molecule has 100 valence electrons. The number of benzene rings is 1. The number of nitrogens with one attached hydrogen (secondary N) is 1. The fourth-order valence-electron chi connectivity index (χ4n) is 1.66. The second kappa shape index (κ2) is 6.08. The zero-order valence-corrected chi connectivity index (χ0v) is 12.1. The monoisotopic (exact) mass is 295 g/mol. The van der Waals surface area contributed by atoms with Crippen molar-refractivity contribution >= 4 is 34.2 Å².